The highest BCUT2D eigenvalue weighted by Gasteiger charge is 2.21. The molecule has 39 heavy (non-hydrogen) atoms. The highest BCUT2D eigenvalue weighted by molar-refractivity contribution is 7.16. The number of H-pyrrole nitrogens is 1. The molecule has 2 aromatic heterocycles. The minimum Gasteiger partial charge on any atom is -0.494 e. The van der Waals surface area contributed by atoms with Gasteiger partial charge in [-0.1, -0.05) is 24.3 Å². The molecule has 3 heterocycles. The number of hydrogen-bond acceptors (Lipinski definition) is 8. The molecule has 1 aliphatic heterocycles. The lowest BCUT2D eigenvalue weighted by atomic mass is 9.99. The van der Waals surface area contributed by atoms with Gasteiger partial charge < -0.3 is 19.7 Å². The van der Waals surface area contributed by atoms with Gasteiger partial charge in [0, 0.05) is 49.2 Å². The van der Waals surface area contributed by atoms with Crippen LogP contribution in [0.2, 0.25) is 0 Å². The molecule has 6 rings (SSSR count). The average molecular weight is 540 g/mol. The Morgan fingerprint density at radius 2 is 1.82 bits per heavy atom. The number of methoxy groups -OCH3 is 1. The van der Waals surface area contributed by atoms with Crippen LogP contribution in [-0.4, -0.2) is 76.9 Å². The van der Waals surface area contributed by atoms with Gasteiger partial charge in [-0.05, 0) is 49.0 Å². The normalized spacial score (nSPS) is 15.3. The fourth-order valence-electron chi connectivity index (χ4n) is 5.01. The van der Waals surface area contributed by atoms with Crippen molar-refractivity contribution in [1.29, 1.82) is 0 Å². The lowest BCUT2D eigenvalue weighted by Crippen LogP contribution is -2.43. The number of aromatic amines is 1. The molecule has 0 spiro atoms. The predicted molar refractivity (Wildman–Crippen MR) is 155 cm³/mol. The summed E-state index contributed by atoms with van der Waals surface area (Å²) in [5.41, 5.74) is 7.76. The Morgan fingerprint density at radius 3 is 2.59 bits per heavy atom. The molecular formula is C30H29N5O3S. The summed E-state index contributed by atoms with van der Waals surface area (Å²) in [6.07, 6.45) is 0. The van der Waals surface area contributed by atoms with Crippen molar-refractivity contribution in [3.63, 3.8) is 0 Å². The number of carbonyl (C=O) groups is 1. The number of rotatable bonds is 6. The van der Waals surface area contributed by atoms with E-state index < -0.39 is 5.97 Å². The highest BCUT2D eigenvalue weighted by Crippen LogP contribution is 2.33. The van der Waals surface area contributed by atoms with Gasteiger partial charge in [-0.25, -0.2) is 14.8 Å². The number of fused-ring (bicyclic) bond motifs is 2. The zero-order valence-corrected chi connectivity index (χ0v) is 22.7. The lowest BCUT2D eigenvalue weighted by Gasteiger charge is -2.32. The number of aromatic nitrogens is 2. The Labute approximate surface area is 230 Å². The van der Waals surface area contributed by atoms with Crippen molar-refractivity contribution in [2.24, 2.45) is 4.99 Å². The maximum atomic E-state index is 12.1. The Kier molecular flexibility index (Phi) is 6.86. The van der Waals surface area contributed by atoms with Crippen LogP contribution < -0.4 is 0 Å². The van der Waals surface area contributed by atoms with Crippen LogP contribution in [0.5, 0.6) is 5.88 Å². The smallest absolute Gasteiger partial charge is 0.337 e. The fourth-order valence-corrected chi connectivity index (χ4v) is 5.67. The van der Waals surface area contributed by atoms with E-state index in [1.54, 1.807) is 23.5 Å². The topological polar surface area (TPSA) is 94.1 Å². The molecule has 0 amide bonds. The van der Waals surface area contributed by atoms with Crippen molar-refractivity contribution in [3.05, 3.63) is 88.4 Å². The second-order valence-corrected chi connectivity index (χ2v) is 10.7. The summed E-state index contributed by atoms with van der Waals surface area (Å²) in [4.78, 5) is 29.4. The van der Waals surface area contributed by atoms with Gasteiger partial charge in [0.2, 0.25) is 0 Å². The summed E-state index contributed by atoms with van der Waals surface area (Å²) in [5.74, 6) is -0.456. The summed E-state index contributed by atoms with van der Waals surface area (Å²) < 4.78 is 5.94. The SMILES string of the molecule is COC(=O)c1ccc2c(C(=Nc3ccc(CN4CCN(C)CC4)cc3)c3ccc4scnc4c3)c(O)[nH]c2c1. The van der Waals surface area contributed by atoms with E-state index in [1.165, 1.54) is 12.7 Å². The van der Waals surface area contributed by atoms with Crippen LogP contribution in [-0.2, 0) is 11.3 Å². The highest BCUT2D eigenvalue weighted by atomic mass is 32.1. The maximum Gasteiger partial charge on any atom is 0.337 e. The van der Waals surface area contributed by atoms with Gasteiger partial charge in [0.15, 0.2) is 5.88 Å². The van der Waals surface area contributed by atoms with E-state index >= 15 is 0 Å². The zero-order valence-electron chi connectivity index (χ0n) is 21.8. The van der Waals surface area contributed by atoms with Crippen LogP contribution in [0.25, 0.3) is 21.1 Å². The predicted octanol–water partition coefficient (Wildman–Crippen LogP) is 5.19. The third-order valence-electron chi connectivity index (χ3n) is 7.22. The first-order valence-corrected chi connectivity index (χ1v) is 13.7. The molecule has 1 fully saturated rings. The molecule has 0 atom stereocenters. The number of aliphatic imine (C=N–C) groups is 1. The number of benzene rings is 3. The molecule has 9 heteroatoms. The number of nitrogens with one attached hydrogen (secondary N) is 1. The van der Waals surface area contributed by atoms with Crippen molar-refractivity contribution in [2.45, 2.75) is 6.54 Å². The summed E-state index contributed by atoms with van der Waals surface area (Å²) in [6.45, 7) is 5.22. The molecule has 198 valence electrons. The third-order valence-corrected chi connectivity index (χ3v) is 8.03. The second kappa shape index (κ2) is 10.6. The quantitative estimate of drug-likeness (QED) is 0.228. The molecular weight excluding hydrogens is 510 g/mol. The van der Waals surface area contributed by atoms with Gasteiger partial charge in [0.25, 0.3) is 0 Å². The molecule has 5 aromatic rings. The molecule has 0 bridgehead atoms. The molecule has 1 aliphatic rings. The van der Waals surface area contributed by atoms with Crippen LogP contribution in [0, 0.1) is 0 Å². The molecule has 1 saturated heterocycles. The molecule has 3 aromatic carbocycles. The van der Waals surface area contributed by atoms with Crippen LogP contribution in [0.15, 0.2) is 71.2 Å². The van der Waals surface area contributed by atoms with E-state index in [9.17, 15) is 9.90 Å². The van der Waals surface area contributed by atoms with Gasteiger partial charge >= 0.3 is 5.97 Å². The summed E-state index contributed by atoms with van der Waals surface area (Å²) in [7, 11) is 3.51. The van der Waals surface area contributed by atoms with E-state index in [4.69, 9.17) is 9.73 Å². The fraction of sp³-hybridized carbons (Fsp3) is 0.233. The zero-order chi connectivity index (χ0) is 26.9. The summed E-state index contributed by atoms with van der Waals surface area (Å²) >= 11 is 1.58. The van der Waals surface area contributed by atoms with Gasteiger partial charge in [-0.3, -0.25) is 4.90 Å². The Bertz CT molecular complexity index is 1680. The number of piperazine rings is 1. The molecule has 0 saturated carbocycles. The van der Waals surface area contributed by atoms with E-state index in [-0.39, 0.29) is 5.88 Å². The summed E-state index contributed by atoms with van der Waals surface area (Å²) in [5, 5.41) is 11.8. The van der Waals surface area contributed by atoms with Gasteiger partial charge in [0.05, 0.1) is 45.4 Å². The van der Waals surface area contributed by atoms with Crippen molar-refractivity contribution in [3.8, 4) is 5.88 Å². The van der Waals surface area contributed by atoms with Gasteiger partial charge in [0.1, 0.15) is 0 Å². The molecule has 2 N–H and O–H groups in total. The summed E-state index contributed by atoms with van der Waals surface area (Å²) in [6, 6.07) is 19.5. The first kappa shape index (κ1) is 25.2. The molecule has 0 radical (unpaired) electrons. The first-order valence-electron chi connectivity index (χ1n) is 12.8. The van der Waals surface area contributed by atoms with Crippen LogP contribution in [0.4, 0.5) is 5.69 Å². The lowest BCUT2D eigenvalue weighted by molar-refractivity contribution is 0.0601. The minimum atomic E-state index is -0.438. The van der Waals surface area contributed by atoms with Gasteiger partial charge in [-0.15, -0.1) is 11.3 Å². The van der Waals surface area contributed by atoms with Crippen molar-refractivity contribution in [1.82, 2.24) is 19.8 Å². The number of carbonyl (C=O) groups excluding carboxylic acids is 1. The van der Waals surface area contributed by atoms with Crippen molar-refractivity contribution >= 4 is 49.8 Å². The van der Waals surface area contributed by atoms with E-state index in [0.717, 1.165) is 59.6 Å². The van der Waals surface area contributed by atoms with Crippen LogP contribution in [0.1, 0.15) is 27.0 Å². The number of aromatic hydroxyl groups is 1. The largest absolute Gasteiger partial charge is 0.494 e. The average Bonchev–Trinajstić information content (AvgIpc) is 3.56. The molecule has 8 nitrogen and oxygen atoms in total. The first-order chi connectivity index (χ1) is 19.0. The number of likely N-dealkylation sites (N-methyl/N-ethyl adjacent to an activating group) is 1. The van der Waals surface area contributed by atoms with Crippen molar-refractivity contribution < 1.29 is 14.6 Å². The van der Waals surface area contributed by atoms with Crippen molar-refractivity contribution in [2.75, 3.05) is 40.3 Å². The van der Waals surface area contributed by atoms with Crippen LogP contribution in [0.3, 0.4) is 0 Å². The standard InChI is InChI=1S/C30H29N5O3S/c1-34-11-13-35(14-12-34)17-19-3-7-22(8-4-19)32-28(20-6-10-26-25(15-20)31-18-39-26)27-23-9-5-21(30(37)38-2)16-24(23)33-29(27)36/h3-10,15-16,18,33,36H,11-14,17H2,1-2H3. The number of thiazole rings is 1. The molecule has 0 unspecified atom stereocenters. The third kappa shape index (κ3) is 5.16. The molecule has 0 aliphatic carbocycles. The van der Waals surface area contributed by atoms with E-state index in [1.807, 2.05) is 41.9 Å². The minimum absolute atomic E-state index is 0.0178. The van der Waals surface area contributed by atoms with Gasteiger partial charge in [-0.2, -0.15) is 0 Å². The van der Waals surface area contributed by atoms with Crippen LogP contribution >= 0.6 is 11.3 Å². The number of ether oxygens (including phenoxy) is 1. The number of nitrogens with zero attached hydrogens (tertiary/aromatic N) is 4. The second-order valence-electron chi connectivity index (χ2n) is 9.84. The van der Waals surface area contributed by atoms with E-state index in [2.05, 4.69) is 38.9 Å². The Hall–Kier alpha value is -4.05. The number of hydrogen-bond donors (Lipinski definition) is 2. The van der Waals surface area contributed by atoms with E-state index in [0.29, 0.717) is 22.4 Å². The Balaban J connectivity index is 1.40. The number of esters is 1. The Morgan fingerprint density at radius 1 is 1.05 bits per heavy atom. The maximum absolute atomic E-state index is 12.1. The monoisotopic (exact) mass is 539 g/mol.